The molecule has 0 spiro atoms. The Balaban J connectivity index is 1.89. The van der Waals surface area contributed by atoms with Crippen molar-refractivity contribution >= 4 is 5.96 Å². The number of ether oxygens (including phenoxy) is 2. The van der Waals surface area contributed by atoms with Gasteiger partial charge < -0.3 is 25.0 Å². The van der Waals surface area contributed by atoms with E-state index in [0.717, 1.165) is 55.7 Å². The highest BCUT2D eigenvalue weighted by molar-refractivity contribution is 5.79. The molecule has 1 fully saturated rings. The predicted molar refractivity (Wildman–Crippen MR) is 115 cm³/mol. The fourth-order valence-corrected chi connectivity index (χ4v) is 3.54. The van der Waals surface area contributed by atoms with Gasteiger partial charge in [-0.3, -0.25) is 9.89 Å². The van der Waals surface area contributed by atoms with Crippen molar-refractivity contribution in [3.63, 3.8) is 0 Å². The predicted octanol–water partition coefficient (Wildman–Crippen LogP) is 1.64. The third-order valence-corrected chi connectivity index (χ3v) is 5.39. The van der Waals surface area contributed by atoms with Crippen LogP contribution < -0.4 is 20.1 Å². The molecule has 0 bridgehead atoms. The number of methoxy groups -OCH3 is 2. The van der Waals surface area contributed by atoms with Crippen LogP contribution in [0.3, 0.4) is 0 Å². The quantitative estimate of drug-likeness (QED) is 0.519. The minimum Gasteiger partial charge on any atom is -0.493 e. The summed E-state index contributed by atoms with van der Waals surface area (Å²) in [5.74, 6) is 2.87. The van der Waals surface area contributed by atoms with Crippen LogP contribution in [0.25, 0.3) is 0 Å². The van der Waals surface area contributed by atoms with Crippen molar-refractivity contribution in [3.05, 3.63) is 23.8 Å². The zero-order valence-corrected chi connectivity index (χ0v) is 18.3. The topological polar surface area (TPSA) is 61.4 Å². The minimum atomic E-state index is 0.494. The number of nitrogens with zero attached hydrogens (tertiary/aromatic N) is 3. The summed E-state index contributed by atoms with van der Waals surface area (Å²) in [7, 11) is 7.30. The highest BCUT2D eigenvalue weighted by atomic mass is 16.5. The van der Waals surface area contributed by atoms with E-state index in [1.807, 2.05) is 25.2 Å². The summed E-state index contributed by atoms with van der Waals surface area (Å²) in [5, 5.41) is 6.90. The zero-order valence-electron chi connectivity index (χ0n) is 18.3. The van der Waals surface area contributed by atoms with Crippen molar-refractivity contribution in [1.29, 1.82) is 0 Å². The number of nitrogens with one attached hydrogen (secondary N) is 2. The molecule has 0 aliphatic carbocycles. The average molecular weight is 392 g/mol. The third kappa shape index (κ3) is 6.27. The van der Waals surface area contributed by atoms with Crippen LogP contribution in [0.1, 0.15) is 19.4 Å². The minimum absolute atomic E-state index is 0.494. The van der Waals surface area contributed by atoms with Gasteiger partial charge in [-0.1, -0.05) is 19.9 Å². The molecule has 1 aliphatic heterocycles. The van der Waals surface area contributed by atoms with Gasteiger partial charge in [-0.05, 0) is 30.7 Å². The summed E-state index contributed by atoms with van der Waals surface area (Å²) in [5.41, 5.74) is 1.11. The van der Waals surface area contributed by atoms with Crippen LogP contribution in [0.4, 0.5) is 0 Å². The Morgan fingerprint density at radius 1 is 1.07 bits per heavy atom. The Morgan fingerprint density at radius 2 is 1.75 bits per heavy atom. The van der Waals surface area contributed by atoms with Crippen LogP contribution in [0.5, 0.6) is 11.5 Å². The maximum absolute atomic E-state index is 5.38. The van der Waals surface area contributed by atoms with Gasteiger partial charge in [-0.15, -0.1) is 0 Å². The Labute approximate surface area is 170 Å². The van der Waals surface area contributed by atoms with E-state index >= 15 is 0 Å². The van der Waals surface area contributed by atoms with E-state index in [2.05, 4.69) is 46.3 Å². The molecule has 7 nitrogen and oxygen atoms in total. The van der Waals surface area contributed by atoms with Crippen LogP contribution >= 0.6 is 0 Å². The van der Waals surface area contributed by atoms with E-state index in [1.165, 1.54) is 0 Å². The molecule has 1 aromatic rings. The van der Waals surface area contributed by atoms with Crippen molar-refractivity contribution in [3.8, 4) is 11.5 Å². The summed E-state index contributed by atoms with van der Waals surface area (Å²) >= 11 is 0. The van der Waals surface area contributed by atoms with E-state index < -0.39 is 0 Å². The van der Waals surface area contributed by atoms with E-state index in [9.17, 15) is 0 Å². The number of hydrogen-bond acceptors (Lipinski definition) is 5. The largest absolute Gasteiger partial charge is 0.493 e. The van der Waals surface area contributed by atoms with Crippen LogP contribution in [0.2, 0.25) is 0 Å². The van der Waals surface area contributed by atoms with Gasteiger partial charge >= 0.3 is 0 Å². The molecule has 2 rings (SSSR count). The van der Waals surface area contributed by atoms with Crippen LogP contribution in [-0.4, -0.2) is 82.8 Å². The van der Waals surface area contributed by atoms with Crippen LogP contribution in [0, 0.1) is 5.92 Å². The molecule has 0 saturated carbocycles. The first-order valence-electron chi connectivity index (χ1n) is 10.1. The number of rotatable bonds is 8. The van der Waals surface area contributed by atoms with Gasteiger partial charge in [0, 0.05) is 52.4 Å². The number of likely N-dealkylation sites (N-methyl/N-ethyl adjacent to an activating group) is 1. The maximum atomic E-state index is 5.38. The molecule has 7 heteroatoms. The van der Waals surface area contributed by atoms with E-state index in [-0.39, 0.29) is 0 Å². The summed E-state index contributed by atoms with van der Waals surface area (Å²) in [6.07, 6.45) is 0. The van der Waals surface area contributed by atoms with Crippen molar-refractivity contribution < 1.29 is 9.47 Å². The molecule has 1 heterocycles. The standard InChI is InChI=1S/C21H37N5O2/c1-16(2)18(26-11-9-25(4)10-12-26)15-24-21(22-3)23-14-17-7-8-19(27-5)20(13-17)28-6/h7-8,13,16,18H,9-12,14-15H2,1-6H3,(H2,22,23,24). The molecule has 158 valence electrons. The van der Waals surface area contributed by atoms with Gasteiger partial charge in [0.1, 0.15) is 0 Å². The first-order valence-corrected chi connectivity index (χ1v) is 10.1. The normalized spacial score (nSPS) is 17.5. The second kappa shape index (κ2) is 11.1. The molecule has 1 aliphatic rings. The Hall–Kier alpha value is -1.99. The summed E-state index contributed by atoms with van der Waals surface area (Å²) in [6.45, 7) is 10.7. The lowest BCUT2D eigenvalue weighted by Crippen LogP contribution is -2.55. The summed E-state index contributed by atoms with van der Waals surface area (Å²) in [6, 6.07) is 6.44. The van der Waals surface area contributed by atoms with Gasteiger partial charge in [0.15, 0.2) is 17.5 Å². The third-order valence-electron chi connectivity index (χ3n) is 5.39. The van der Waals surface area contributed by atoms with E-state index in [4.69, 9.17) is 9.47 Å². The second-order valence-electron chi connectivity index (χ2n) is 7.65. The molecule has 1 atom stereocenters. The van der Waals surface area contributed by atoms with Gasteiger partial charge in [0.05, 0.1) is 14.2 Å². The molecule has 1 saturated heterocycles. The highest BCUT2D eigenvalue weighted by Crippen LogP contribution is 2.27. The number of aliphatic imine (C=N–C) groups is 1. The molecular weight excluding hydrogens is 354 g/mol. The first-order chi connectivity index (χ1) is 13.5. The van der Waals surface area contributed by atoms with Gasteiger partial charge in [0.2, 0.25) is 0 Å². The number of hydrogen-bond donors (Lipinski definition) is 2. The van der Waals surface area contributed by atoms with E-state index in [1.54, 1.807) is 14.2 Å². The lowest BCUT2D eigenvalue weighted by molar-refractivity contribution is 0.0900. The van der Waals surface area contributed by atoms with Crippen LogP contribution in [0.15, 0.2) is 23.2 Å². The van der Waals surface area contributed by atoms with Gasteiger partial charge in [0.25, 0.3) is 0 Å². The Bertz CT molecular complexity index is 627. The zero-order chi connectivity index (χ0) is 20.5. The molecular formula is C21H37N5O2. The first kappa shape index (κ1) is 22.3. The second-order valence-corrected chi connectivity index (χ2v) is 7.65. The molecule has 1 unspecified atom stereocenters. The lowest BCUT2D eigenvalue weighted by atomic mass is 10.0. The fraction of sp³-hybridized carbons (Fsp3) is 0.667. The Morgan fingerprint density at radius 3 is 2.32 bits per heavy atom. The highest BCUT2D eigenvalue weighted by Gasteiger charge is 2.25. The summed E-state index contributed by atoms with van der Waals surface area (Å²) in [4.78, 5) is 9.37. The summed E-state index contributed by atoms with van der Waals surface area (Å²) < 4.78 is 10.7. The van der Waals surface area contributed by atoms with E-state index in [0.29, 0.717) is 18.5 Å². The molecule has 1 aromatic carbocycles. The monoisotopic (exact) mass is 391 g/mol. The number of piperazine rings is 1. The van der Waals surface area contributed by atoms with Crippen molar-refractivity contribution in [2.24, 2.45) is 10.9 Å². The smallest absolute Gasteiger partial charge is 0.191 e. The number of guanidine groups is 1. The van der Waals surface area contributed by atoms with Crippen LogP contribution in [-0.2, 0) is 6.54 Å². The van der Waals surface area contributed by atoms with Crippen molar-refractivity contribution in [1.82, 2.24) is 20.4 Å². The van der Waals surface area contributed by atoms with Crippen molar-refractivity contribution in [2.45, 2.75) is 26.4 Å². The molecule has 0 aromatic heterocycles. The molecule has 28 heavy (non-hydrogen) atoms. The van der Waals surface area contributed by atoms with Gasteiger partial charge in [-0.25, -0.2) is 0 Å². The average Bonchev–Trinajstić information content (AvgIpc) is 2.71. The molecule has 0 radical (unpaired) electrons. The fourth-order valence-electron chi connectivity index (χ4n) is 3.54. The SMILES string of the molecule is CN=C(NCc1ccc(OC)c(OC)c1)NCC(C(C)C)N1CCN(C)CC1. The lowest BCUT2D eigenvalue weighted by Gasteiger charge is -2.40. The number of benzene rings is 1. The maximum Gasteiger partial charge on any atom is 0.191 e. The molecule has 2 N–H and O–H groups in total. The molecule has 0 amide bonds. The van der Waals surface area contributed by atoms with Gasteiger partial charge in [-0.2, -0.15) is 0 Å². The Kier molecular flexibility index (Phi) is 8.86. The van der Waals surface area contributed by atoms with Crippen molar-refractivity contribution in [2.75, 3.05) is 61.0 Å².